The Morgan fingerprint density at radius 3 is 2.07 bits per heavy atom. The second-order valence-corrected chi connectivity index (χ2v) is 6.62. The predicted octanol–water partition coefficient (Wildman–Crippen LogP) is 4.86. The molecule has 0 fully saturated rings. The van der Waals surface area contributed by atoms with Crippen molar-refractivity contribution in [1.82, 2.24) is 4.90 Å². The number of rotatable bonds is 5. The molecule has 5 heteroatoms. The molecule has 0 saturated carbocycles. The maximum absolute atomic E-state index is 12.6. The van der Waals surface area contributed by atoms with E-state index >= 15 is 0 Å². The first-order chi connectivity index (χ1) is 13.0. The van der Waals surface area contributed by atoms with Crippen LogP contribution in [0.2, 0.25) is 5.02 Å². The Morgan fingerprint density at radius 1 is 0.852 bits per heavy atom. The molecule has 0 saturated heterocycles. The third kappa shape index (κ3) is 4.96. The third-order valence-corrected chi connectivity index (χ3v) is 4.36. The van der Waals surface area contributed by atoms with Gasteiger partial charge in [-0.05, 0) is 54.1 Å². The summed E-state index contributed by atoms with van der Waals surface area (Å²) >= 11 is 5.84. The maximum atomic E-state index is 12.6. The molecule has 4 nitrogen and oxygen atoms in total. The molecule has 0 bridgehead atoms. The molecule has 3 aromatic carbocycles. The second-order valence-electron chi connectivity index (χ2n) is 6.19. The molecule has 0 unspecified atom stereocenters. The monoisotopic (exact) mass is 378 g/mol. The van der Waals surface area contributed by atoms with E-state index in [4.69, 9.17) is 11.6 Å². The van der Waals surface area contributed by atoms with E-state index in [9.17, 15) is 9.59 Å². The van der Waals surface area contributed by atoms with Crippen LogP contribution in [0.1, 0.15) is 26.3 Å². The number of benzene rings is 3. The molecule has 0 radical (unpaired) electrons. The Bertz CT molecular complexity index is 923. The molecule has 0 aliphatic heterocycles. The number of hydrogen-bond acceptors (Lipinski definition) is 2. The van der Waals surface area contributed by atoms with Gasteiger partial charge in [0.1, 0.15) is 0 Å². The van der Waals surface area contributed by atoms with Crippen LogP contribution in [0.5, 0.6) is 0 Å². The van der Waals surface area contributed by atoms with Crippen LogP contribution in [0, 0.1) is 0 Å². The van der Waals surface area contributed by atoms with Crippen molar-refractivity contribution in [3.05, 3.63) is 101 Å². The van der Waals surface area contributed by atoms with E-state index in [0.717, 1.165) is 5.56 Å². The van der Waals surface area contributed by atoms with Gasteiger partial charge in [0.2, 0.25) is 0 Å². The van der Waals surface area contributed by atoms with Crippen molar-refractivity contribution in [2.24, 2.45) is 0 Å². The number of nitrogens with one attached hydrogen (secondary N) is 1. The molecule has 136 valence electrons. The van der Waals surface area contributed by atoms with E-state index in [1.165, 1.54) is 0 Å². The molecule has 0 aromatic heterocycles. The van der Waals surface area contributed by atoms with Gasteiger partial charge < -0.3 is 10.2 Å². The summed E-state index contributed by atoms with van der Waals surface area (Å²) < 4.78 is 0. The number of carbonyl (C=O) groups excluding carboxylic acids is 2. The molecule has 27 heavy (non-hydrogen) atoms. The highest BCUT2D eigenvalue weighted by atomic mass is 35.5. The zero-order chi connectivity index (χ0) is 19.2. The smallest absolute Gasteiger partial charge is 0.255 e. The second kappa shape index (κ2) is 8.52. The van der Waals surface area contributed by atoms with Crippen LogP contribution in [-0.4, -0.2) is 23.8 Å². The molecule has 0 heterocycles. The number of nitrogens with zero attached hydrogens (tertiary/aromatic N) is 1. The lowest BCUT2D eigenvalue weighted by Crippen LogP contribution is -2.26. The number of halogens is 1. The van der Waals surface area contributed by atoms with Crippen molar-refractivity contribution < 1.29 is 9.59 Å². The van der Waals surface area contributed by atoms with Crippen LogP contribution in [0.3, 0.4) is 0 Å². The van der Waals surface area contributed by atoms with Crippen LogP contribution in [0.25, 0.3) is 0 Å². The zero-order valence-electron chi connectivity index (χ0n) is 14.9. The predicted molar refractivity (Wildman–Crippen MR) is 108 cm³/mol. The fraction of sp³-hybridized carbons (Fsp3) is 0.0909. The molecule has 0 aliphatic rings. The van der Waals surface area contributed by atoms with Gasteiger partial charge in [-0.25, -0.2) is 0 Å². The minimum atomic E-state index is -0.242. The van der Waals surface area contributed by atoms with E-state index in [1.54, 1.807) is 60.5 Å². The van der Waals surface area contributed by atoms with Gasteiger partial charge in [0.25, 0.3) is 11.8 Å². The normalized spacial score (nSPS) is 10.3. The Morgan fingerprint density at radius 2 is 1.44 bits per heavy atom. The first-order valence-corrected chi connectivity index (χ1v) is 8.87. The first-order valence-electron chi connectivity index (χ1n) is 8.49. The number of amides is 2. The Labute approximate surface area is 163 Å². The van der Waals surface area contributed by atoms with Crippen molar-refractivity contribution in [3.8, 4) is 0 Å². The van der Waals surface area contributed by atoms with E-state index in [2.05, 4.69) is 5.32 Å². The van der Waals surface area contributed by atoms with E-state index in [-0.39, 0.29) is 11.8 Å². The van der Waals surface area contributed by atoms with Gasteiger partial charge in [-0.3, -0.25) is 9.59 Å². The number of hydrogen-bond donors (Lipinski definition) is 1. The number of carbonyl (C=O) groups is 2. The molecule has 0 spiro atoms. The highest BCUT2D eigenvalue weighted by Gasteiger charge is 2.13. The fourth-order valence-electron chi connectivity index (χ4n) is 2.65. The van der Waals surface area contributed by atoms with Gasteiger partial charge in [0, 0.05) is 35.4 Å². The van der Waals surface area contributed by atoms with Crippen LogP contribution in [0.4, 0.5) is 5.69 Å². The van der Waals surface area contributed by atoms with Crippen LogP contribution in [0.15, 0.2) is 78.9 Å². The molecular weight excluding hydrogens is 360 g/mol. The summed E-state index contributed by atoms with van der Waals surface area (Å²) in [6.07, 6.45) is 0. The largest absolute Gasteiger partial charge is 0.337 e. The van der Waals surface area contributed by atoms with Crippen LogP contribution < -0.4 is 5.32 Å². The Balaban J connectivity index is 1.64. The number of anilines is 1. The minimum absolute atomic E-state index is 0.0940. The summed E-state index contributed by atoms with van der Waals surface area (Å²) in [7, 11) is 1.76. The third-order valence-electron chi connectivity index (χ3n) is 4.11. The molecule has 1 N–H and O–H groups in total. The minimum Gasteiger partial charge on any atom is -0.337 e. The highest BCUT2D eigenvalue weighted by molar-refractivity contribution is 6.30. The van der Waals surface area contributed by atoms with E-state index < -0.39 is 0 Å². The standard InChI is InChI=1S/C22H19ClN2O2/c1-25(15-16-5-3-2-4-6-16)22(27)18-9-7-17(8-10-18)21(26)24-20-13-11-19(23)12-14-20/h2-14H,15H2,1H3,(H,24,26). The van der Waals surface area contributed by atoms with Gasteiger partial charge in [-0.2, -0.15) is 0 Å². The molecule has 0 atom stereocenters. The first kappa shape index (κ1) is 18.7. The highest BCUT2D eigenvalue weighted by Crippen LogP contribution is 2.15. The Kier molecular flexibility index (Phi) is 5.89. The Hall–Kier alpha value is -3.11. The lowest BCUT2D eigenvalue weighted by molar-refractivity contribution is 0.0784. The van der Waals surface area contributed by atoms with Gasteiger partial charge in [0.05, 0.1) is 0 Å². The van der Waals surface area contributed by atoms with Crippen LogP contribution >= 0.6 is 11.6 Å². The van der Waals surface area contributed by atoms with Gasteiger partial charge in [-0.1, -0.05) is 41.9 Å². The maximum Gasteiger partial charge on any atom is 0.255 e. The van der Waals surface area contributed by atoms with Gasteiger partial charge >= 0.3 is 0 Å². The summed E-state index contributed by atoms with van der Waals surface area (Å²) in [6, 6.07) is 23.3. The lowest BCUT2D eigenvalue weighted by Gasteiger charge is -2.17. The molecule has 3 rings (SSSR count). The molecular formula is C22H19ClN2O2. The quantitative estimate of drug-likeness (QED) is 0.688. The molecule has 2 amide bonds. The summed E-state index contributed by atoms with van der Waals surface area (Å²) in [6.45, 7) is 0.526. The van der Waals surface area contributed by atoms with Crippen molar-refractivity contribution in [3.63, 3.8) is 0 Å². The fourth-order valence-corrected chi connectivity index (χ4v) is 2.78. The van der Waals surface area contributed by atoms with E-state index in [0.29, 0.717) is 28.4 Å². The van der Waals surface area contributed by atoms with Crippen LogP contribution in [-0.2, 0) is 6.54 Å². The van der Waals surface area contributed by atoms with Gasteiger partial charge in [-0.15, -0.1) is 0 Å². The SMILES string of the molecule is CN(Cc1ccccc1)C(=O)c1ccc(C(=O)Nc2ccc(Cl)cc2)cc1. The van der Waals surface area contributed by atoms with Crippen molar-refractivity contribution >= 4 is 29.1 Å². The average Bonchev–Trinajstić information content (AvgIpc) is 2.70. The summed E-state index contributed by atoms with van der Waals surface area (Å²) in [4.78, 5) is 26.5. The summed E-state index contributed by atoms with van der Waals surface area (Å²) in [5.74, 6) is -0.336. The molecule has 0 aliphatic carbocycles. The van der Waals surface area contributed by atoms with Crippen molar-refractivity contribution in [2.45, 2.75) is 6.54 Å². The van der Waals surface area contributed by atoms with Crippen molar-refractivity contribution in [2.75, 3.05) is 12.4 Å². The molecule has 3 aromatic rings. The van der Waals surface area contributed by atoms with E-state index in [1.807, 2.05) is 30.3 Å². The zero-order valence-corrected chi connectivity index (χ0v) is 15.6. The summed E-state index contributed by atoms with van der Waals surface area (Å²) in [5, 5.41) is 3.40. The van der Waals surface area contributed by atoms with Gasteiger partial charge in [0.15, 0.2) is 0 Å². The average molecular weight is 379 g/mol. The topological polar surface area (TPSA) is 49.4 Å². The van der Waals surface area contributed by atoms with Crippen molar-refractivity contribution in [1.29, 1.82) is 0 Å². The lowest BCUT2D eigenvalue weighted by atomic mass is 10.1. The summed E-state index contributed by atoms with van der Waals surface area (Å²) in [5.41, 5.74) is 2.74.